The Kier molecular flexibility index (Phi) is 4.53. The number of sulfonamides is 1. The Morgan fingerprint density at radius 3 is 2.29 bits per heavy atom. The maximum Gasteiger partial charge on any atom is 0.246 e. The molecule has 5 nitrogen and oxygen atoms in total. The molecule has 2 rings (SSSR count). The first-order valence-corrected chi connectivity index (χ1v) is 8.17. The van der Waals surface area contributed by atoms with Gasteiger partial charge >= 0.3 is 0 Å². The van der Waals surface area contributed by atoms with E-state index in [4.69, 9.17) is 33.4 Å². The lowest BCUT2D eigenvalue weighted by Crippen LogP contribution is -2.27. The number of rotatable bonds is 4. The quantitative estimate of drug-likeness (QED) is 0.860. The predicted octanol–water partition coefficient (Wildman–Crippen LogP) is 3.30. The highest BCUT2D eigenvalue weighted by Crippen LogP contribution is 2.33. The van der Waals surface area contributed by atoms with Crippen molar-refractivity contribution in [3.05, 3.63) is 45.8 Å². The third kappa shape index (κ3) is 3.35. The molecule has 0 amide bonds. The van der Waals surface area contributed by atoms with Crippen molar-refractivity contribution in [3.8, 4) is 0 Å². The van der Waals surface area contributed by atoms with Crippen LogP contribution in [0.5, 0.6) is 0 Å². The molecular formula is C13H14Cl2N2O3S. The minimum absolute atomic E-state index is 0.0116. The van der Waals surface area contributed by atoms with Gasteiger partial charge in [-0.05, 0) is 31.2 Å². The summed E-state index contributed by atoms with van der Waals surface area (Å²) in [4.78, 5) is -0.161. The molecule has 2 aromatic rings. The van der Waals surface area contributed by atoms with Crippen LogP contribution in [0.3, 0.4) is 0 Å². The summed E-state index contributed by atoms with van der Waals surface area (Å²) in [5, 5.41) is -0.0232. The Morgan fingerprint density at radius 2 is 1.81 bits per heavy atom. The number of aryl methyl sites for hydroxylation is 1. The standard InChI is InChI=1S/C13H14Cl2N2O3S/c1-8-3-4-10(20-8)7-17(2)21(18,19)13-11(14)5-9(16)6-12(13)15/h3-6H,7,16H2,1-2H3. The van der Waals surface area contributed by atoms with Gasteiger partial charge in [0.25, 0.3) is 0 Å². The number of benzene rings is 1. The Balaban J connectivity index is 2.38. The van der Waals surface area contributed by atoms with Crippen LogP contribution in [0.2, 0.25) is 10.0 Å². The minimum Gasteiger partial charge on any atom is -0.465 e. The number of nitrogens with zero attached hydrogens (tertiary/aromatic N) is 1. The summed E-state index contributed by atoms with van der Waals surface area (Å²) in [7, 11) is -2.43. The second kappa shape index (κ2) is 5.88. The Morgan fingerprint density at radius 1 is 1.24 bits per heavy atom. The number of hydrogen-bond acceptors (Lipinski definition) is 4. The summed E-state index contributed by atoms with van der Waals surface area (Å²) in [6.45, 7) is 1.86. The van der Waals surface area contributed by atoms with Crippen LogP contribution in [0, 0.1) is 6.92 Å². The molecule has 0 spiro atoms. The van der Waals surface area contributed by atoms with E-state index in [0.29, 0.717) is 17.2 Å². The van der Waals surface area contributed by atoms with E-state index >= 15 is 0 Å². The fourth-order valence-electron chi connectivity index (χ4n) is 1.86. The first-order valence-electron chi connectivity index (χ1n) is 5.98. The lowest BCUT2D eigenvalue weighted by Gasteiger charge is -2.18. The molecule has 1 aromatic carbocycles. The number of nitrogen functional groups attached to an aromatic ring is 1. The fourth-order valence-corrected chi connectivity index (χ4v) is 4.16. The van der Waals surface area contributed by atoms with Crippen molar-refractivity contribution < 1.29 is 12.8 Å². The molecule has 0 bridgehead atoms. The molecule has 0 atom stereocenters. The van der Waals surface area contributed by atoms with Crippen molar-refractivity contribution in [2.24, 2.45) is 0 Å². The largest absolute Gasteiger partial charge is 0.465 e. The van der Waals surface area contributed by atoms with Crippen molar-refractivity contribution in [1.82, 2.24) is 4.31 Å². The smallest absolute Gasteiger partial charge is 0.246 e. The summed E-state index contributed by atoms with van der Waals surface area (Å²) in [5.74, 6) is 1.24. The highest BCUT2D eigenvalue weighted by atomic mass is 35.5. The van der Waals surface area contributed by atoms with E-state index in [-0.39, 0.29) is 21.5 Å². The van der Waals surface area contributed by atoms with Crippen molar-refractivity contribution in [2.75, 3.05) is 12.8 Å². The van der Waals surface area contributed by atoms with Crippen LogP contribution in [-0.4, -0.2) is 19.8 Å². The van der Waals surface area contributed by atoms with E-state index in [9.17, 15) is 8.42 Å². The van der Waals surface area contributed by atoms with Crippen molar-refractivity contribution in [2.45, 2.75) is 18.4 Å². The van der Waals surface area contributed by atoms with Crippen molar-refractivity contribution in [1.29, 1.82) is 0 Å². The maximum atomic E-state index is 12.6. The molecule has 0 aliphatic heterocycles. The molecule has 0 aliphatic rings. The van der Waals surface area contributed by atoms with Gasteiger partial charge in [-0.2, -0.15) is 4.31 Å². The number of halogens is 2. The van der Waals surface area contributed by atoms with E-state index in [0.717, 1.165) is 4.31 Å². The SMILES string of the molecule is Cc1ccc(CN(C)S(=O)(=O)c2c(Cl)cc(N)cc2Cl)o1. The summed E-state index contributed by atoms with van der Waals surface area (Å²) < 4.78 is 31.6. The molecule has 0 radical (unpaired) electrons. The summed E-state index contributed by atoms with van der Waals surface area (Å²) in [6, 6.07) is 6.18. The van der Waals surface area contributed by atoms with E-state index < -0.39 is 10.0 Å². The highest BCUT2D eigenvalue weighted by Gasteiger charge is 2.27. The number of anilines is 1. The third-order valence-electron chi connectivity index (χ3n) is 2.86. The average Bonchev–Trinajstić information content (AvgIpc) is 2.72. The molecule has 2 N–H and O–H groups in total. The van der Waals surface area contributed by atoms with E-state index in [1.807, 2.05) is 0 Å². The normalized spacial score (nSPS) is 12.0. The fraction of sp³-hybridized carbons (Fsp3) is 0.231. The van der Waals surface area contributed by atoms with E-state index in [1.165, 1.54) is 19.2 Å². The number of furan rings is 1. The summed E-state index contributed by atoms with van der Waals surface area (Å²) in [6.07, 6.45) is 0. The molecule has 0 saturated heterocycles. The van der Waals surface area contributed by atoms with Gasteiger partial charge in [-0.25, -0.2) is 8.42 Å². The molecule has 0 saturated carbocycles. The molecule has 0 aliphatic carbocycles. The zero-order valence-corrected chi connectivity index (χ0v) is 13.8. The molecule has 1 heterocycles. The molecule has 8 heteroatoms. The average molecular weight is 349 g/mol. The molecule has 21 heavy (non-hydrogen) atoms. The second-order valence-corrected chi connectivity index (χ2v) is 7.38. The van der Waals surface area contributed by atoms with Crippen LogP contribution in [0.1, 0.15) is 11.5 Å². The predicted molar refractivity (Wildman–Crippen MR) is 83.0 cm³/mol. The Labute approximate surface area is 133 Å². The minimum atomic E-state index is -3.85. The van der Waals surface area contributed by atoms with Crippen LogP contribution < -0.4 is 5.73 Å². The van der Waals surface area contributed by atoms with Crippen LogP contribution in [0.4, 0.5) is 5.69 Å². The summed E-state index contributed by atoms with van der Waals surface area (Å²) >= 11 is 12.0. The van der Waals surface area contributed by atoms with Crippen LogP contribution in [-0.2, 0) is 16.6 Å². The highest BCUT2D eigenvalue weighted by molar-refractivity contribution is 7.89. The topological polar surface area (TPSA) is 76.5 Å². The third-order valence-corrected chi connectivity index (χ3v) is 5.59. The van der Waals surface area contributed by atoms with Crippen LogP contribution >= 0.6 is 23.2 Å². The lowest BCUT2D eigenvalue weighted by molar-refractivity contribution is 0.397. The van der Waals surface area contributed by atoms with Crippen molar-refractivity contribution in [3.63, 3.8) is 0 Å². The monoisotopic (exact) mass is 348 g/mol. The first kappa shape index (κ1) is 16.2. The lowest BCUT2D eigenvalue weighted by atomic mass is 10.3. The van der Waals surface area contributed by atoms with Gasteiger partial charge in [0.05, 0.1) is 16.6 Å². The first-order chi connectivity index (χ1) is 9.71. The Hall–Kier alpha value is -1.21. The number of hydrogen-bond donors (Lipinski definition) is 1. The van der Waals surface area contributed by atoms with Crippen molar-refractivity contribution >= 4 is 38.9 Å². The molecule has 0 fully saturated rings. The van der Waals surface area contributed by atoms with Crippen LogP contribution in [0.15, 0.2) is 33.6 Å². The van der Waals surface area contributed by atoms with Gasteiger partial charge < -0.3 is 10.2 Å². The van der Waals surface area contributed by atoms with Crippen LogP contribution in [0.25, 0.3) is 0 Å². The van der Waals surface area contributed by atoms with E-state index in [1.54, 1.807) is 19.1 Å². The van der Waals surface area contributed by atoms with Gasteiger partial charge in [0.2, 0.25) is 10.0 Å². The number of nitrogens with two attached hydrogens (primary N) is 1. The van der Waals surface area contributed by atoms with Gasteiger partial charge in [0.1, 0.15) is 16.4 Å². The van der Waals surface area contributed by atoms with Gasteiger partial charge in [-0.15, -0.1) is 0 Å². The zero-order chi connectivity index (χ0) is 15.8. The molecule has 1 aromatic heterocycles. The van der Waals surface area contributed by atoms with E-state index in [2.05, 4.69) is 0 Å². The molecule has 114 valence electrons. The second-order valence-electron chi connectivity index (χ2n) is 4.59. The molecular weight excluding hydrogens is 335 g/mol. The van der Waals surface area contributed by atoms with Gasteiger partial charge in [0, 0.05) is 12.7 Å². The zero-order valence-electron chi connectivity index (χ0n) is 11.4. The summed E-state index contributed by atoms with van der Waals surface area (Å²) in [5.41, 5.74) is 5.88. The molecule has 0 unspecified atom stereocenters. The maximum absolute atomic E-state index is 12.6. The van der Waals surface area contributed by atoms with Gasteiger partial charge in [-0.3, -0.25) is 0 Å². The Bertz CT molecular complexity index is 748. The van der Waals surface area contributed by atoms with Gasteiger partial charge in [-0.1, -0.05) is 23.2 Å². The van der Waals surface area contributed by atoms with Gasteiger partial charge in [0.15, 0.2) is 0 Å².